The Labute approximate surface area is 181 Å². The van der Waals surface area contributed by atoms with Gasteiger partial charge in [0, 0.05) is 5.69 Å². The van der Waals surface area contributed by atoms with Gasteiger partial charge < -0.3 is 15.4 Å². The Morgan fingerprint density at radius 2 is 1.63 bits per heavy atom. The number of carbonyl (C=O) groups excluding carboxylic acids is 2. The Morgan fingerprint density at radius 3 is 2.33 bits per heavy atom. The lowest BCUT2D eigenvalue weighted by Crippen LogP contribution is -2.38. The van der Waals surface area contributed by atoms with E-state index in [1.54, 1.807) is 42.5 Å². The summed E-state index contributed by atoms with van der Waals surface area (Å²) in [4.78, 5) is 26.0. The molecular weight excluding hydrogens is 398 g/mol. The van der Waals surface area contributed by atoms with E-state index < -0.39 is 12.1 Å². The number of nitrogens with one attached hydrogen (secondary N) is 2. The van der Waals surface area contributed by atoms with Crippen LogP contribution in [0.3, 0.4) is 0 Å². The first-order valence-electron chi connectivity index (χ1n) is 9.34. The highest BCUT2D eigenvalue weighted by atomic mass is 32.1. The van der Waals surface area contributed by atoms with Crippen LogP contribution in [-0.2, 0) is 4.79 Å². The number of para-hydroxylation sites is 2. The Kier molecular flexibility index (Phi) is 6.98. The van der Waals surface area contributed by atoms with Crippen LogP contribution in [0.25, 0.3) is 0 Å². The van der Waals surface area contributed by atoms with Crippen LogP contribution in [0, 0.1) is 6.92 Å². The molecule has 0 aliphatic heterocycles. The standard InChI is InChI=1S/C23H23N3O3S/c1-16-9-8-12-18(15-16)24-22(27)21(17-10-4-3-5-11-17)26(30)23(28)25-19-13-6-7-14-20(19)29-2/h3-15,21,30H,1-2H3,(H,24,27)(H,25,28). The van der Waals surface area contributed by atoms with E-state index in [1.165, 1.54) is 7.11 Å². The van der Waals surface area contributed by atoms with Crippen LogP contribution in [0.5, 0.6) is 5.75 Å². The molecule has 0 aromatic heterocycles. The molecule has 3 amide bonds. The van der Waals surface area contributed by atoms with Crippen molar-refractivity contribution in [3.05, 3.63) is 90.0 Å². The third-order valence-corrected chi connectivity index (χ3v) is 4.86. The molecular formula is C23H23N3O3S. The van der Waals surface area contributed by atoms with Crippen LogP contribution in [0.2, 0.25) is 0 Å². The molecule has 0 aliphatic carbocycles. The van der Waals surface area contributed by atoms with Crippen molar-refractivity contribution in [1.82, 2.24) is 4.31 Å². The number of rotatable bonds is 6. The number of hydrogen-bond donors (Lipinski definition) is 3. The van der Waals surface area contributed by atoms with Crippen molar-refractivity contribution in [3.63, 3.8) is 0 Å². The van der Waals surface area contributed by atoms with Gasteiger partial charge in [0.25, 0.3) is 5.91 Å². The molecule has 0 heterocycles. The number of aryl methyl sites for hydroxylation is 1. The summed E-state index contributed by atoms with van der Waals surface area (Å²) in [6, 6.07) is 22.0. The lowest BCUT2D eigenvalue weighted by atomic mass is 10.1. The maximum atomic E-state index is 13.1. The number of amides is 3. The van der Waals surface area contributed by atoms with Crippen molar-refractivity contribution in [2.24, 2.45) is 0 Å². The molecule has 1 atom stereocenters. The predicted octanol–water partition coefficient (Wildman–Crippen LogP) is 5.06. The fourth-order valence-corrected chi connectivity index (χ4v) is 3.30. The molecule has 0 bridgehead atoms. The molecule has 30 heavy (non-hydrogen) atoms. The van der Waals surface area contributed by atoms with Gasteiger partial charge in [-0.25, -0.2) is 4.79 Å². The molecule has 2 N–H and O–H groups in total. The number of benzene rings is 3. The van der Waals surface area contributed by atoms with Gasteiger partial charge in [0.2, 0.25) is 0 Å². The van der Waals surface area contributed by atoms with Crippen LogP contribution >= 0.6 is 12.8 Å². The smallest absolute Gasteiger partial charge is 0.332 e. The van der Waals surface area contributed by atoms with Crippen LogP contribution in [0.4, 0.5) is 16.2 Å². The molecule has 7 heteroatoms. The van der Waals surface area contributed by atoms with Gasteiger partial charge in [0.15, 0.2) is 0 Å². The molecule has 0 aliphatic rings. The fourth-order valence-electron chi connectivity index (χ4n) is 3.01. The minimum Gasteiger partial charge on any atom is -0.495 e. The highest BCUT2D eigenvalue weighted by Gasteiger charge is 2.30. The Balaban J connectivity index is 1.86. The van der Waals surface area contributed by atoms with Crippen molar-refractivity contribution in [1.29, 1.82) is 0 Å². The normalized spacial score (nSPS) is 11.3. The zero-order valence-corrected chi connectivity index (χ0v) is 17.6. The number of anilines is 2. The first-order chi connectivity index (χ1) is 14.5. The maximum Gasteiger partial charge on any atom is 0.332 e. The van der Waals surface area contributed by atoms with Crippen molar-refractivity contribution in [2.75, 3.05) is 17.7 Å². The van der Waals surface area contributed by atoms with Crippen LogP contribution in [0.15, 0.2) is 78.9 Å². The number of hydrogen-bond acceptors (Lipinski definition) is 4. The molecule has 0 fully saturated rings. The van der Waals surface area contributed by atoms with Crippen molar-refractivity contribution in [2.45, 2.75) is 13.0 Å². The highest BCUT2D eigenvalue weighted by molar-refractivity contribution is 7.78. The van der Waals surface area contributed by atoms with E-state index in [9.17, 15) is 9.59 Å². The SMILES string of the molecule is COc1ccccc1NC(=O)N(S)C(C(=O)Nc1cccc(C)c1)c1ccccc1. The summed E-state index contributed by atoms with van der Waals surface area (Å²) < 4.78 is 6.35. The third-order valence-electron chi connectivity index (χ3n) is 4.45. The maximum absolute atomic E-state index is 13.1. The summed E-state index contributed by atoms with van der Waals surface area (Å²) in [5.74, 6) is 0.130. The molecule has 3 aromatic carbocycles. The van der Waals surface area contributed by atoms with Gasteiger partial charge in [0.05, 0.1) is 12.8 Å². The predicted molar refractivity (Wildman–Crippen MR) is 122 cm³/mol. The zero-order chi connectivity index (χ0) is 21.5. The fraction of sp³-hybridized carbons (Fsp3) is 0.130. The first-order valence-corrected chi connectivity index (χ1v) is 9.74. The molecule has 3 rings (SSSR count). The van der Waals surface area contributed by atoms with Gasteiger partial charge in [-0.15, -0.1) is 0 Å². The second-order valence-corrected chi connectivity index (χ2v) is 7.08. The second kappa shape index (κ2) is 9.84. The second-order valence-electron chi connectivity index (χ2n) is 6.65. The van der Waals surface area contributed by atoms with Crippen LogP contribution < -0.4 is 15.4 Å². The molecule has 1 unspecified atom stereocenters. The van der Waals surface area contributed by atoms with Gasteiger partial charge in [-0.05, 0) is 42.3 Å². The summed E-state index contributed by atoms with van der Waals surface area (Å²) in [7, 11) is 1.52. The Hall–Kier alpha value is -3.45. The average molecular weight is 422 g/mol. The topological polar surface area (TPSA) is 70.7 Å². The molecule has 0 radical (unpaired) electrons. The molecule has 0 saturated heterocycles. The molecule has 6 nitrogen and oxygen atoms in total. The lowest BCUT2D eigenvalue weighted by Gasteiger charge is -2.27. The van der Waals surface area contributed by atoms with Gasteiger partial charge in [-0.1, -0.05) is 67.4 Å². The minimum absolute atomic E-state index is 0.378. The van der Waals surface area contributed by atoms with E-state index in [-0.39, 0.29) is 5.91 Å². The quantitative estimate of drug-likeness (QED) is 0.487. The summed E-state index contributed by atoms with van der Waals surface area (Å²) in [6.07, 6.45) is 0. The monoisotopic (exact) mass is 421 g/mol. The van der Waals surface area contributed by atoms with E-state index in [4.69, 9.17) is 4.74 Å². The molecule has 0 spiro atoms. The van der Waals surface area contributed by atoms with Crippen molar-refractivity contribution in [3.8, 4) is 5.75 Å². The number of carbonyl (C=O) groups is 2. The summed E-state index contributed by atoms with van der Waals surface area (Å²) in [6.45, 7) is 1.94. The van der Waals surface area contributed by atoms with E-state index in [0.717, 1.165) is 9.87 Å². The lowest BCUT2D eigenvalue weighted by molar-refractivity contribution is -0.119. The zero-order valence-electron chi connectivity index (χ0n) is 16.7. The van der Waals surface area contributed by atoms with Gasteiger partial charge in [-0.3, -0.25) is 9.10 Å². The van der Waals surface area contributed by atoms with E-state index in [1.807, 2.05) is 43.3 Å². The van der Waals surface area contributed by atoms with Crippen LogP contribution in [-0.4, -0.2) is 23.4 Å². The van der Waals surface area contributed by atoms with Crippen molar-refractivity contribution < 1.29 is 14.3 Å². The molecule has 154 valence electrons. The molecule has 0 saturated carbocycles. The van der Waals surface area contributed by atoms with E-state index >= 15 is 0 Å². The minimum atomic E-state index is -0.954. The average Bonchev–Trinajstić information content (AvgIpc) is 2.75. The Bertz CT molecular complexity index is 1030. The number of ether oxygens (including phenoxy) is 1. The third kappa shape index (κ3) is 5.12. The van der Waals surface area contributed by atoms with Crippen molar-refractivity contribution >= 4 is 36.1 Å². The highest BCUT2D eigenvalue weighted by Crippen LogP contribution is 2.28. The van der Waals surface area contributed by atoms with Gasteiger partial charge >= 0.3 is 6.03 Å². The first kappa shape index (κ1) is 21.3. The molecule has 3 aromatic rings. The number of thiol groups is 1. The Morgan fingerprint density at radius 1 is 0.933 bits per heavy atom. The number of methoxy groups -OCH3 is 1. The van der Waals surface area contributed by atoms with E-state index in [2.05, 4.69) is 23.4 Å². The van der Waals surface area contributed by atoms with Crippen LogP contribution in [0.1, 0.15) is 17.2 Å². The summed E-state index contributed by atoms with van der Waals surface area (Å²) in [5, 5.41) is 5.61. The summed E-state index contributed by atoms with van der Waals surface area (Å²) in [5.41, 5.74) is 2.77. The van der Waals surface area contributed by atoms with Gasteiger partial charge in [0.1, 0.15) is 11.8 Å². The largest absolute Gasteiger partial charge is 0.495 e. The van der Waals surface area contributed by atoms with E-state index in [0.29, 0.717) is 22.7 Å². The number of nitrogens with zero attached hydrogens (tertiary/aromatic N) is 1. The van der Waals surface area contributed by atoms with Gasteiger partial charge in [-0.2, -0.15) is 0 Å². The number of urea groups is 1. The summed E-state index contributed by atoms with van der Waals surface area (Å²) >= 11 is 4.37.